The first kappa shape index (κ1) is 18.2. The standard InChI is InChI=1S/C5H6N2.C5H9N.2C2H6/c1-5-6-3-2-4-7-5;1-2-4-6-5-3-1;2*1-2/h2-4H,1H3;1-2,6H,3-5H2;2*1-2H3. The Hall–Kier alpha value is -1.22. The van der Waals surface area contributed by atoms with Crippen LogP contribution in [0.5, 0.6) is 0 Å². The van der Waals surface area contributed by atoms with Crippen LogP contribution in [0.4, 0.5) is 0 Å². The molecule has 1 aliphatic heterocycles. The fourth-order valence-corrected chi connectivity index (χ4v) is 0.946. The maximum atomic E-state index is 3.87. The van der Waals surface area contributed by atoms with E-state index in [2.05, 4.69) is 27.4 Å². The van der Waals surface area contributed by atoms with E-state index in [0.717, 1.165) is 18.9 Å². The van der Waals surface area contributed by atoms with Crippen LogP contribution < -0.4 is 5.32 Å². The van der Waals surface area contributed by atoms with Gasteiger partial charge in [0.1, 0.15) is 5.82 Å². The summed E-state index contributed by atoms with van der Waals surface area (Å²) in [6, 6.07) is 1.80. The molecule has 0 radical (unpaired) electrons. The number of nitrogens with zero attached hydrogens (tertiary/aromatic N) is 2. The van der Waals surface area contributed by atoms with Gasteiger partial charge in [0.2, 0.25) is 0 Å². The van der Waals surface area contributed by atoms with E-state index < -0.39 is 0 Å². The van der Waals surface area contributed by atoms with Gasteiger partial charge >= 0.3 is 0 Å². The van der Waals surface area contributed by atoms with Gasteiger partial charge in [-0.05, 0) is 26.0 Å². The smallest absolute Gasteiger partial charge is 0.125 e. The third-order valence-electron chi connectivity index (χ3n) is 1.61. The summed E-state index contributed by atoms with van der Waals surface area (Å²) in [7, 11) is 0. The molecule has 0 spiro atoms. The van der Waals surface area contributed by atoms with Crippen LogP contribution in [0.15, 0.2) is 30.6 Å². The van der Waals surface area contributed by atoms with E-state index in [1.807, 2.05) is 34.6 Å². The van der Waals surface area contributed by atoms with Gasteiger partial charge in [0.05, 0.1) is 0 Å². The van der Waals surface area contributed by atoms with Crippen molar-refractivity contribution in [1.29, 1.82) is 0 Å². The molecule has 0 aromatic carbocycles. The predicted molar refractivity (Wildman–Crippen MR) is 76.1 cm³/mol. The molecule has 0 unspecified atom stereocenters. The molecule has 1 aliphatic rings. The van der Waals surface area contributed by atoms with E-state index in [4.69, 9.17) is 0 Å². The van der Waals surface area contributed by atoms with Crippen LogP contribution in [-0.2, 0) is 0 Å². The molecule has 1 N–H and O–H groups in total. The zero-order valence-electron chi connectivity index (χ0n) is 11.9. The molecular weight excluding hydrogens is 210 g/mol. The molecule has 0 aliphatic carbocycles. The van der Waals surface area contributed by atoms with Gasteiger partial charge in [-0.15, -0.1) is 0 Å². The van der Waals surface area contributed by atoms with Gasteiger partial charge in [-0.2, -0.15) is 0 Å². The molecule has 0 saturated carbocycles. The minimum atomic E-state index is 0.822. The van der Waals surface area contributed by atoms with Gasteiger partial charge in [0, 0.05) is 18.9 Å². The SMILES string of the molecule is C1=CCNCC1.CC.CC.Cc1ncccn1. The molecule has 2 rings (SSSR count). The van der Waals surface area contributed by atoms with Crippen molar-refractivity contribution in [3.8, 4) is 0 Å². The first-order valence-corrected chi connectivity index (χ1v) is 6.49. The number of hydrogen-bond acceptors (Lipinski definition) is 3. The highest BCUT2D eigenvalue weighted by molar-refractivity contribution is 4.88. The maximum absolute atomic E-state index is 3.87. The van der Waals surface area contributed by atoms with Crippen molar-refractivity contribution in [2.75, 3.05) is 13.1 Å². The quantitative estimate of drug-likeness (QED) is 0.703. The van der Waals surface area contributed by atoms with E-state index in [0.29, 0.717) is 0 Å². The van der Waals surface area contributed by atoms with E-state index in [1.165, 1.54) is 6.42 Å². The number of hydrogen-bond donors (Lipinski definition) is 1. The van der Waals surface area contributed by atoms with Gasteiger partial charge in [-0.3, -0.25) is 0 Å². The highest BCUT2D eigenvalue weighted by Crippen LogP contribution is 1.84. The summed E-state index contributed by atoms with van der Waals surface area (Å²) in [5.41, 5.74) is 0. The maximum Gasteiger partial charge on any atom is 0.125 e. The number of rotatable bonds is 0. The van der Waals surface area contributed by atoms with Crippen LogP contribution in [0.3, 0.4) is 0 Å². The Kier molecular flexibility index (Phi) is 18.3. The molecule has 0 saturated heterocycles. The lowest BCUT2D eigenvalue weighted by atomic mass is 10.3. The Morgan fingerprint density at radius 2 is 1.59 bits per heavy atom. The van der Waals surface area contributed by atoms with Crippen molar-refractivity contribution in [1.82, 2.24) is 15.3 Å². The van der Waals surface area contributed by atoms with Crippen molar-refractivity contribution in [2.24, 2.45) is 0 Å². The van der Waals surface area contributed by atoms with E-state index in [9.17, 15) is 0 Å². The van der Waals surface area contributed by atoms with E-state index in [-0.39, 0.29) is 0 Å². The third kappa shape index (κ3) is 14.8. The molecule has 98 valence electrons. The monoisotopic (exact) mass is 237 g/mol. The first-order chi connectivity index (χ1) is 8.39. The highest BCUT2D eigenvalue weighted by Gasteiger charge is 1.84. The Labute approximate surface area is 106 Å². The molecule has 1 aromatic heterocycles. The molecule has 0 bridgehead atoms. The van der Waals surface area contributed by atoms with Crippen LogP contribution in [0.25, 0.3) is 0 Å². The van der Waals surface area contributed by atoms with Crippen molar-refractivity contribution < 1.29 is 0 Å². The summed E-state index contributed by atoms with van der Waals surface area (Å²) >= 11 is 0. The van der Waals surface area contributed by atoms with Gasteiger partial charge in [0.15, 0.2) is 0 Å². The van der Waals surface area contributed by atoms with Crippen LogP contribution in [-0.4, -0.2) is 23.1 Å². The average molecular weight is 237 g/mol. The first-order valence-electron chi connectivity index (χ1n) is 6.49. The summed E-state index contributed by atoms with van der Waals surface area (Å²) in [5, 5.41) is 3.20. The zero-order valence-corrected chi connectivity index (χ0v) is 11.9. The second kappa shape index (κ2) is 17.2. The Bertz CT molecular complexity index is 237. The molecule has 0 atom stereocenters. The summed E-state index contributed by atoms with van der Waals surface area (Å²) in [6.07, 6.45) is 9.02. The van der Waals surface area contributed by atoms with Crippen molar-refractivity contribution in [2.45, 2.75) is 41.0 Å². The number of aryl methyl sites for hydroxylation is 1. The summed E-state index contributed by atoms with van der Waals surface area (Å²) in [5.74, 6) is 0.822. The summed E-state index contributed by atoms with van der Waals surface area (Å²) < 4.78 is 0. The fraction of sp³-hybridized carbons (Fsp3) is 0.571. The molecule has 1 aromatic rings. The number of nitrogens with one attached hydrogen (secondary N) is 1. The fourth-order valence-electron chi connectivity index (χ4n) is 0.946. The molecular formula is C14H27N3. The molecule has 2 heterocycles. The summed E-state index contributed by atoms with van der Waals surface area (Å²) in [6.45, 7) is 12.1. The Morgan fingerprint density at radius 3 is 1.76 bits per heavy atom. The Balaban J connectivity index is 0. The zero-order chi connectivity index (χ0) is 13.4. The van der Waals surface area contributed by atoms with E-state index >= 15 is 0 Å². The van der Waals surface area contributed by atoms with Gasteiger partial charge in [-0.1, -0.05) is 39.8 Å². The third-order valence-corrected chi connectivity index (χ3v) is 1.61. The minimum Gasteiger partial charge on any atom is -0.313 e. The average Bonchev–Trinajstić information content (AvgIpc) is 2.47. The van der Waals surface area contributed by atoms with Gasteiger partial charge < -0.3 is 5.32 Å². The van der Waals surface area contributed by atoms with Crippen LogP contribution in [0.2, 0.25) is 0 Å². The minimum absolute atomic E-state index is 0.822. The predicted octanol–water partition coefficient (Wildman–Crippen LogP) is 3.37. The second-order valence-corrected chi connectivity index (χ2v) is 2.76. The number of aromatic nitrogens is 2. The van der Waals surface area contributed by atoms with Crippen molar-refractivity contribution >= 4 is 0 Å². The van der Waals surface area contributed by atoms with Gasteiger partial charge in [-0.25, -0.2) is 9.97 Å². The van der Waals surface area contributed by atoms with Gasteiger partial charge in [0.25, 0.3) is 0 Å². The highest BCUT2D eigenvalue weighted by atomic mass is 14.8. The molecule has 3 heteroatoms. The lowest BCUT2D eigenvalue weighted by molar-refractivity contribution is 0.728. The van der Waals surface area contributed by atoms with Crippen LogP contribution in [0, 0.1) is 6.92 Å². The van der Waals surface area contributed by atoms with Crippen molar-refractivity contribution in [3.63, 3.8) is 0 Å². The summed E-state index contributed by atoms with van der Waals surface area (Å²) in [4.78, 5) is 7.74. The molecule has 3 nitrogen and oxygen atoms in total. The lowest BCUT2D eigenvalue weighted by Gasteiger charge is -2.01. The van der Waals surface area contributed by atoms with Crippen molar-refractivity contribution in [3.05, 3.63) is 36.4 Å². The molecule has 17 heavy (non-hydrogen) atoms. The topological polar surface area (TPSA) is 37.8 Å². The van der Waals surface area contributed by atoms with Crippen LogP contribution in [0.1, 0.15) is 39.9 Å². The second-order valence-electron chi connectivity index (χ2n) is 2.76. The van der Waals surface area contributed by atoms with E-state index in [1.54, 1.807) is 18.5 Å². The largest absolute Gasteiger partial charge is 0.313 e. The normalized spacial score (nSPS) is 11.8. The molecule has 0 amide bonds. The van der Waals surface area contributed by atoms with Crippen LogP contribution >= 0.6 is 0 Å². The Morgan fingerprint density at radius 1 is 1.00 bits per heavy atom. The molecule has 0 fully saturated rings. The lowest BCUT2D eigenvalue weighted by Crippen LogP contribution is -2.17.